The molecule has 2 N–H and O–H groups in total. The first-order valence-electron chi connectivity index (χ1n) is 4.05. The molecule has 0 radical (unpaired) electrons. The van der Waals surface area contributed by atoms with Gasteiger partial charge in [0.25, 0.3) is 0 Å². The Bertz CT molecular complexity index is 155. The van der Waals surface area contributed by atoms with E-state index < -0.39 is 0 Å². The molecule has 0 fully saturated rings. The highest BCUT2D eigenvalue weighted by Crippen LogP contribution is 1.72. The first-order chi connectivity index (χ1) is 5.81. The normalized spacial score (nSPS) is 10.8. The van der Waals surface area contributed by atoms with E-state index in [1.807, 2.05) is 38.2 Å². The molecule has 0 saturated carbocycles. The molecule has 0 atom stereocenters. The maximum Gasteiger partial charge on any atom is 0.166 e. The number of hydrogen-bond donors (Lipinski definition) is 2. The van der Waals surface area contributed by atoms with Crippen molar-refractivity contribution in [3.05, 3.63) is 24.3 Å². The maximum absolute atomic E-state index is 4.99. The lowest BCUT2D eigenvalue weighted by Gasteiger charge is -2.05. The summed E-state index contributed by atoms with van der Waals surface area (Å²) in [7, 11) is 0. The molecule has 0 aliphatic carbocycles. The topological polar surface area (TPSA) is 24.1 Å². The predicted molar refractivity (Wildman–Crippen MR) is 58.2 cm³/mol. The monoisotopic (exact) mass is 184 g/mol. The van der Waals surface area contributed by atoms with Crippen molar-refractivity contribution in [2.24, 2.45) is 0 Å². The van der Waals surface area contributed by atoms with Crippen molar-refractivity contribution in [1.29, 1.82) is 0 Å². The van der Waals surface area contributed by atoms with Crippen LogP contribution in [0.5, 0.6) is 0 Å². The largest absolute Gasteiger partial charge is 0.359 e. The minimum absolute atomic E-state index is 0.700. The van der Waals surface area contributed by atoms with Crippen LogP contribution in [0, 0.1) is 0 Å². The van der Waals surface area contributed by atoms with Crippen LogP contribution in [0.15, 0.2) is 24.3 Å². The van der Waals surface area contributed by atoms with Crippen molar-refractivity contribution in [2.75, 3.05) is 13.1 Å². The fourth-order valence-electron chi connectivity index (χ4n) is 0.601. The zero-order valence-electron chi connectivity index (χ0n) is 7.63. The van der Waals surface area contributed by atoms with Crippen molar-refractivity contribution >= 4 is 17.3 Å². The van der Waals surface area contributed by atoms with E-state index in [4.69, 9.17) is 12.2 Å². The summed E-state index contributed by atoms with van der Waals surface area (Å²) in [5, 5.41) is 6.78. The maximum atomic E-state index is 4.99. The summed E-state index contributed by atoms with van der Waals surface area (Å²) >= 11 is 4.99. The molecule has 0 rings (SSSR count). The molecule has 0 amide bonds. The van der Waals surface area contributed by atoms with Gasteiger partial charge in [-0.15, -0.1) is 0 Å². The van der Waals surface area contributed by atoms with Gasteiger partial charge < -0.3 is 10.6 Å². The smallest absolute Gasteiger partial charge is 0.166 e. The van der Waals surface area contributed by atoms with E-state index in [1.54, 1.807) is 0 Å². The van der Waals surface area contributed by atoms with Crippen LogP contribution in [-0.4, -0.2) is 18.2 Å². The van der Waals surface area contributed by atoms with E-state index in [2.05, 4.69) is 10.6 Å². The van der Waals surface area contributed by atoms with Crippen molar-refractivity contribution < 1.29 is 0 Å². The van der Waals surface area contributed by atoms with Gasteiger partial charge in [-0.1, -0.05) is 24.3 Å². The Morgan fingerprint density at radius 3 is 1.83 bits per heavy atom. The summed E-state index contributed by atoms with van der Waals surface area (Å²) in [6, 6.07) is 0. The highest BCUT2D eigenvalue weighted by Gasteiger charge is 1.87. The van der Waals surface area contributed by atoms with E-state index in [1.165, 1.54) is 0 Å². The summed E-state index contributed by atoms with van der Waals surface area (Å²) in [6.07, 6.45) is 8.01. The van der Waals surface area contributed by atoms with Gasteiger partial charge in [0.15, 0.2) is 5.11 Å². The Morgan fingerprint density at radius 1 is 1.08 bits per heavy atom. The fraction of sp³-hybridized carbons (Fsp3) is 0.444. The molecule has 68 valence electrons. The third kappa shape index (κ3) is 7.28. The summed E-state index contributed by atoms with van der Waals surface area (Å²) in [4.78, 5) is 0. The fourth-order valence-corrected chi connectivity index (χ4v) is 0.768. The van der Waals surface area contributed by atoms with Crippen molar-refractivity contribution in [1.82, 2.24) is 10.6 Å². The summed E-state index contributed by atoms with van der Waals surface area (Å²) in [5.41, 5.74) is 0. The van der Waals surface area contributed by atoms with E-state index in [9.17, 15) is 0 Å². The molecule has 0 aliphatic rings. The third-order valence-corrected chi connectivity index (χ3v) is 1.52. The lowest BCUT2D eigenvalue weighted by Crippen LogP contribution is -2.35. The number of nitrogens with one attached hydrogen (secondary N) is 2. The zero-order valence-corrected chi connectivity index (χ0v) is 8.45. The average Bonchev–Trinajstić information content (AvgIpc) is 2.06. The van der Waals surface area contributed by atoms with Crippen LogP contribution < -0.4 is 10.6 Å². The standard InChI is InChI=1S/C9H16N2S/c1-3-5-7-10-9(12)11-8-6-4-2/h3-6H,7-8H2,1-2H3,(H2,10,11,12). The SMILES string of the molecule is CC=CCNC(=S)NCC=CC. The Kier molecular flexibility index (Phi) is 7.70. The molecular formula is C9H16N2S. The Hall–Kier alpha value is -0.830. The molecule has 0 saturated heterocycles. The third-order valence-electron chi connectivity index (χ3n) is 1.23. The lowest BCUT2D eigenvalue weighted by molar-refractivity contribution is 0.945. The molecular weight excluding hydrogens is 168 g/mol. The van der Waals surface area contributed by atoms with Gasteiger partial charge in [0, 0.05) is 13.1 Å². The Morgan fingerprint density at radius 2 is 1.50 bits per heavy atom. The first-order valence-corrected chi connectivity index (χ1v) is 4.46. The number of allylic oxidation sites excluding steroid dienone is 2. The van der Waals surface area contributed by atoms with E-state index in [-0.39, 0.29) is 0 Å². The molecule has 12 heavy (non-hydrogen) atoms. The van der Waals surface area contributed by atoms with Crippen LogP contribution in [0.3, 0.4) is 0 Å². The molecule has 2 nitrogen and oxygen atoms in total. The van der Waals surface area contributed by atoms with Gasteiger partial charge in [-0.25, -0.2) is 0 Å². The minimum Gasteiger partial charge on any atom is -0.359 e. The molecule has 0 aromatic heterocycles. The van der Waals surface area contributed by atoms with Crippen LogP contribution in [0.1, 0.15) is 13.8 Å². The average molecular weight is 184 g/mol. The molecule has 0 aliphatic heterocycles. The second-order valence-corrected chi connectivity index (χ2v) is 2.64. The Labute approximate surface area is 79.7 Å². The summed E-state index contributed by atoms with van der Waals surface area (Å²) in [5.74, 6) is 0. The second kappa shape index (κ2) is 8.27. The molecule has 0 heterocycles. The van der Waals surface area contributed by atoms with Gasteiger partial charge in [0.2, 0.25) is 0 Å². The number of thiocarbonyl (C=S) groups is 1. The van der Waals surface area contributed by atoms with Gasteiger partial charge in [0.1, 0.15) is 0 Å². The molecule has 0 aromatic carbocycles. The highest BCUT2D eigenvalue weighted by molar-refractivity contribution is 7.80. The van der Waals surface area contributed by atoms with Crippen LogP contribution >= 0.6 is 12.2 Å². The van der Waals surface area contributed by atoms with Crippen molar-refractivity contribution in [2.45, 2.75) is 13.8 Å². The predicted octanol–water partition coefficient (Wildman–Crippen LogP) is 1.60. The lowest BCUT2D eigenvalue weighted by atomic mass is 10.5. The summed E-state index contributed by atoms with van der Waals surface area (Å²) < 4.78 is 0. The van der Waals surface area contributed by atoms with Crippen LogP contribution in [0.25, 0.3) is 0 Å². The van der Waals surface area contributed by atoms with Gasteiger partial charge in [0.05, 0.1) is 0 Å². The van der Waals surface area contributed by atoms with Crippen LogP contribution in [-0.2, 0) is 0 Å². The van der Waals surface area contributed by atoms with Gasteiger partial charge in [-0.05, 0) is 26.1 Å². The highest BCUT2D eigenvalue weighted by atomic mass is 32.1. The van der Waals surface area contributed by atoms with Crippen LogP contribution in [0.2, 0.25) is 0 Å². The molecule has 0 bridgehead atoms. The zero-order chi connectivity index (χ0) is 9.23. The minimum atomic E-state index is 0.700. The van der Waals surface area contributed by atoms with Crippen molar-refractivity contribution in [3.8, 4) is 0 Å². The molecule has 0 unspecified atom stereocenters. The molecule has 3 heteroatoms. The van der Waals surface area contributed by atoms with E-state index >= 15 is 0 Å². The first kappa shape index (κ1) is 11.2. The summed E-state index contributed by atoms with van der Waals surface area (Å²) in [6.45, 7) is 5.55. The van der Waals surface area contributed by atoms with Crippen molar-refractivity contribution in [3.63, 3.8) is 0 Å². The quantitative estimate of drug-likeness (QED) is 0.512. The van der Waals surface area contributed by atoms with Crippen LogP contribution in [0.4, 0.5) is 0 Å². The molecule has 0 aromatic rings. The number of hydrogen-bond acceptors (Lipinski definition) is 1. The van der Waals surface area contributed by atoms with Gasteiger partial charge in [-0.3, -0.25) is 0 Å². The molecule has 0 spiro atoms. The number of rotatable bonds is 4. The van der Waals surface area contributed by atoms with Gasteiger partial charge in [-0.2, -0.15) is 0 Å². The van der Waals surface area contributed by atoms with E-state index in [0.717, 1.165) is 13.1 Å². The van der Waals surface area contributed by atoms with Gasteiger partial charge >= 0.3 is 0 Å². The van der Waals surface area contributed by atoms with E-state index in [0.29, 0.717) is 5.11 Å². The Balaban J connectivity index is 3.33. The second-order valence-electron chi connectivity index (χ2n) is 2.23.